The molecule has 1 aromatic heterocycles. The molecule has 3 N–H and O–H groups in total. The first-order chi connectivity index (χ1) is 9.06. The second kappa shape index (κ2) is 5.52. The van der Waals surface area contributed by atoms with Gasteiger partial charge in [-0.05, 0) is 24.6 Å². The second-order valence-electron chi connectivity index (χ2n) is 4.61. The van der Waals surface area contributed by atoms with Gasteiger partial charge in [0.05, 0.1) is 0 Å². The molecule has 0 radical (unpaired) electrons. The van der Waals surface area contributed by atoms with E-state index in [1.54, 1.807) is 0 Å². The van der Waals surface area contributed by atoms with E-state index in [0.29, 0.717) is 5.56 Å². The van der Waals surface area contributed by atoms with Crippen molar-refractivity contribution in [2.45, 2.75) is 13.5 Å². The minimum Gasteiger partial charge on any atom is -0.384 e. The highest BCUT2D eigenvalue weighted by molar-refractivity contribution is 5.95. The Bertz CT molecular complexity index is 578. The van der Waals surface area contributed by atoms with Crippen LogP contribution >= 0.6 is 0 Å². The Morgan fingerprint density at radius 1 is 1.26 bits per heavy atom. The highest BCUT2D eigenvalue weighted by Gasteiger charge is 2.07. The average Bonchev–Trinajstić information content (AvgIpc) is 2.39. The van der Waals surface area contributed by atoms with Gasteiger partial charge < -0.3 is 10.6 Å². The Balaban J connectivity index is 2.24. The summed E-state index contributed by atoms with van der Waals surface area (Å²) in [6.07, 6.45) is 0. The number of rotatable bonds is 4. The van der Waals surface area contributed by atoms with Gasteiger partial charge in [0.15, 0.2) is 0 Å². The summed E-state index contributed by atoms with van der Waals surface area (Å²) >= 11 is 0. The van der Waals surface area contributed by atoms with Crippen LogP contribution in [-0.4, -0.2) is 17.9 Å². The van der Waals surface area contributed by atoms with Crippen LogP contribution in [0.4, 0.5) is 5.82 Å². The number of aromatic nitrogens is 1. The molecule has 2 rings (SSSR count). The SMILES string of the molecule is Cc1cc(C(=N)N)cc(N(C)Cc2ccccc2)n1. The zero-order valence-corrected chi connectivity index (χ0v) is 11.2. The van der Waals surface area contributed by atoms with Gasteiger partial charge in [0.25, 0.3) is 0 Å². The van der Waals surface area contributed by atoms with Crippen LogP contribution in [0.3, 0.4) is 0 Å². The zero-order valence-electron chi connectivity index (χ0n) is 11.2. The summed E-state index contributed by atoms with van der Waals surface area (Å²) in [5.41, 5.74) is 8.34. The lowest BCUT2D eigenvalue weighted by Crippen LogP contribution is -2.20. The highest BCUT2D eigenvalue weighted by atomic mass is 15.2. The van der Waals surface area contributed by atoms with Crippen molar-refractivity contribution >= 4 is 11.7 Å². The molecular formula is C15H18N4. The van der Waals surface area contributed by atoms with Crippen molar-refractivity contribution in [1.82, 2.24) is 4.98 Å². The summed E-state index contributed by atoms with van der Waals surface area (Å²) < 4.78 is 0. The Kier molecular flexibility index (Phi) is 3.80. The summed E-state index contributed by atoms with van der Waals surface area (Å²) in [5, 5.41) is 7.52. The summed E-state index contributed by atoms with van der Waals surface area (Å²) in [6, 6.07) is 13.9. The molecule has 98 valence electrons. The minimum absolute atomic E-state index is 0.0693. The number of nitrogens with zero attached hydrogens (tertiary/aromatic N) is 2. The molecule has 4 nitrogen and oxygen atoms in total. The molecule has 0 unspecified atom stereocenters. The minimum atomic E-state index is 0.0693. The van der Waals surface area contributed by atoms with Crippen LogP contribution in [0, 0.1) is 12.3 Å². The normalized spacial score (nSPS) is 10.2. The number of amidine groups is 1. The number of pyridine rings is 1. The van der Waals surface area contributed by atoms with E-state index in [1.807, 2.05) is 44.3 Å². The fourth-order valence-electron chi connectivity index (χ4n) is 1.94. The van der Waals surface area contributed by atoms with Gasteiger partial charge in [-0.2, -0.15) is 0 Å². The number of nitrogen functional groups attached to an aromatic ring is 1. The molecule has 0 saturated heterocycles. The van der Waals surface area contributed by atoms with Crippen LogP contribution < -0.4 is 10.6 Å². The zero-order chi connectivity index (χ0) is 13.8. The van der Waals surface area contributed by atoms with E-state index in [4.69, 9.17) is 11.1 Å². The first-order valence-corrected chi connectivity index (χ1v) is 6.14. The molecule has 19 heavy (non-hydrogen) atoms. The molecule has 0 aliphatic rings. The molecule has 1 aromatic carbocycles. The molecule has 0 amide bonds. The smallest absolute Gasteiger partial charge is 0.129 e. The fourth-order valence-corrected chi connectivity index (χ4v) is 1.94. The molecule has 0 fully saturated rings. The third kappa shape index (κ3) is 3.31. The number of anilines is 1. The first kappa shape index (κ1) is 13.1. The van der Waals surface area contributed by atoms with Gasteiger partial charge in [0, 0.05) is 24.8 Å². The Morgan fingerprint density at radius 2 is 1.95 bits per heavy atom. The third-order valence-electron chi connectivity index (χ3n) is 2.90. The quantitative estimate of drug-likeness (QED) is 0.650. The molecule has 4 heteroatoms. The van der Waals surface area contributed by atoms with Crippen LogP contribution in [0.5, 0.6) is 0 Å². The molecule has 1 heterocycles. The van der Waals surface area contributed by atoms with Crippen LogP contribution in [0.2, 0.25) is 0 Å². The number of hydrogen-bond donors (Lipinski definition) is 2. The predicted molar refractivity (Wildman–Crippen MR) is 78.5 cm³/mol. The largest absolute Gasteiger partial charge is 0.384 e. The topological polar surface area (TPSA) is 66.0 Å². The van der Waals surface area contributed by atoms with Gasteiger partial charge in [-0.15, -0.1) is 0 Å². The van der Waals surface area contributed by atoms with E-state index in [9.17, 15) is 0 Å². The summed E-state index contributed by atoms with van der Waals surface area (Å²) in [7, 11) is 1.98. The van der Waals surface area contributed by atoms with Crippen molar-refractivity contribution < 1.29 is 0 Å². The van der Waals surface area contributed by atoms with Gasteiger partial charge in [0.1, 0.15) is 11.7 Å². The van der Waals surface area contributed by atoms with Crippen molar-refractivity contribution in [1.29, 1.82) is 5.41 Å². The molecule has 0 bridgehead atoms. The molecular weight excluding hydrogens is 236 g/mol. The maximum absolute atomic E-state index is 7.52. The van der Waals surface area contributed by atoms with Gasteiger partial charge in [-0.1, -0.05) is 30.3 Å². The Labute approximate surface area is 113 Å². The molecule has 0 aliphatic heterocycles. The second-order valence-corrected chi connectivity index (χ2v) is 4.61. The highest BCUT2D eigenvalue weighted by Crippen LogP contribution is 2.16. The van der Waals surface area contributed by atoms with Gasteiger partial charge in [0.2, 0.25) is 0 Å². The van der Waals surface area contributed by atoms with E-state index >= 15 is 0 Å². The maximum atomic E-state index is 7.52. The maximum Gasteiger partial charge on any atom is 0.129 e. The number of nitrogens with one attached hydrogen (secondary N) is 1. The lowest BCUT2D eigenvalue weighted by molar-refractivity contribution is 0.892. The molecule has 2 aromatic rings. The molecule has 0 spiro atoms. The Morgan fingerprint density at radius 3 is 2.58 bits per heavy atom. The van der Waals surface area contributed by atoms with Gasteiger partial charge >= 0.3 is 0 Å². The van der Waals surface area contributed by atoms with Crippen molar-refractivity contribution in [3.8, 4) is 0 Å². The lowest BCUT2D eigenvalue weighted by atomic mass is 10.2. The standard InChI is InChI=1S/C15H18N4/c1-11-8-13(15(16)17)9-14(18-11)19(2)10-12-6-4-3-5-7-12/h3-9H,10H2,1-2H3,(H3,16,17). The average molecular weight is 254 g/mol. The molecule has 0 atom stereocenters. The predicted octanol–water partition coefficient (Wildman–Crippen LogP) is 2.31. The van der Waals surface area contributed by atoms with E-state index in [1.165, 1.54) is 5.56 Å². The number of hydrogen-bond acceptors (Lipinski definition) is 3. The van der Waals surface area contributed by atoms with Crippen LogP contribution in [-0.2, 0) is 6.54 Å². The number of nitrogens with two attached hydrogens (primary N) is 1. The van der Waals surface area contributed by atoms with E-state index in [2.05, 4.69) is 22.0 Å². The van der Waals surface area contributed by atoms with Crippen molar-refractivity contribution in [3.63, 3.8) is 0 Å². The summed E-state index contributed by atoms with van der Waals surface area (Å²) in [4.78, 5) is 6.54. The van der Waals surface area contributed by atoms with Gasteiger partial charge in [-0.25, -0.2) is 4.98 Å². The van der Waals surface area contributed by atoms with E-state index in [0.717, 1.165) is 18.1 Å². The first-order valence-electron chi connectivity index (χ1n) is 6.14. The monoisotopic (exact) mass is 254 g/mol. The molecule has 0 saturated carbocycles. The van der Waals surface area contributed by atoms with Crippen molar-refractivity contribution in [2.24, 2.45) is 5.73 Å². The Hall–Kier alpha value is -2.36. The van der Waals surface area contributed by atoms with Gasteiger partial charge in [-0.3, -0.25) is 5.41 Å². The lowest BCUT2D eigenvalue weighted by Gasteiger charge is -2.19. The van der Waals surface area contributed by atoms with Crippen LogP contribution in [0.25, 0.3) is 0 Å². The van der Waals surface area contributed by atoms with Crippen molar-refractivity contribution in [3.05, 3.63) is 59.3 Å². The summed E-state index contributed by atoms with van der Waals surface area (Å²) in [5.74, 6) is 0.897. The van der Waals surface area contributed by atoms with E-state index in [-0.39, 0.29) is 5.84 Å². The number of aryl methyl sites for hydroxylation is 1. The number of benzene rings is 1. The van der Waals surface area contributed by atoms with Crippen LogP contribution in [0.15, 0.2) is 42.5 Å². The van der Waals surface area contributed by atoms with E-state index < -0.39 is 0 Å². The van der Waals surface area contributed by atoms with Crippen LogP contribution in [0.1, 0.15) is 16.8 Å². The third-order valence-corrected chi connectivity index (χ3v) is 2.90. The summed E-state index contributed by atoms with van der Waals surface area (Å²) in [6.45, 7) is 2.68. The molecule has 0 aliphatic carbocycles. The van der Waals surface area contributed by atoms with Crippen molar-refractivity contribution in [2.75, 3.05) is 11.9 Å². The fraction of sp³-hybridized carbons (Fsp3) is 0.200.